The first-order valence-corrected chi connectivity index (χ1v) is 5.81. The second-order valence-corrected chi connectivity index (χ2v) is 4.90. The summed E-state index contributed by atoms with van der Waals surface area (Å²) < 4.78 is 0. The van der Waals surface area contributed by atoms with Crippen molar-refractivity contribution in [1.82, 2.24) is 9.97 Å². The summed E-state index contributed by atoms with van der Waals surface area (Å²) in [6, 6.07) is 1.93. The molecule has 3 nitrogen and oxygen atoms in total. The van der Waals surface area contributed by atoms with Crippen molar-refractivity contribution in [3.8, 4) is 0 Å². The highest BCUT2D eigenvalue weighted by Gasteiger charge is 2.09. The average Bonchev–Trinajstić information content (AvgIpc) is 2.16. The largest absolute Gasteiger partial charge is 0.299 e. The van der Waals surface area contributed by atoms with Crippen LogP contribution in [0, 0.1) is 5.92 Å². The summed E-state index contributed by atoms with van der Waals surface area (Å²) >= 11 is 0. The van der Waals surface area contributed by atoms with Gasteiger partial charge in [0.1, 0.15) is 12.1 Å². The predicted octanol–water partition coefficient (Wildman–Crippen LogP) is 2.76. The van der Waals surface area contributed by atoms with E-state index in [4.69, 9.17) is 0 Å². The number of nitrogens with zero attached hydrogens (tertiary/aromatic N) is 2. The lowest BCUT2D eigenvalue weighted by molar-refractivity contribution is -0.119. The van der Waals surface area contributed by atoms with Crippen molar-refractivity contribution < 1.29 is 4.79 Å². The first kappa shape index (κ1) is 12.8. The molecule has 0 fully saturated rings. The number of aromatic nitrogens is 2. The summed E-state index contributed by atoms with van der Waals surface area (Å²) in [6.45, 7) is 8.28. The molecule has 0 unspecified atom stereocenters. The third-order valence-corrected chi connectivity index (χ3v) is 2.35. The second kappa shape index (κ2) is 5.73. The Labute approximate surface area is 97.3 Å². The minimum absolute atomic E-state index is 0.253. The lowest BCUT2D eigenvalue weighted by atomic mass is 10.0. The third kappa shape index (κ3) is 4.09. The first-order chi connectivity index (χ1) is 7.49. The molecule has 1 heterocycles. The van der Waals surface area contributed by atoms with Crippen molar-refractivity contribution in [1.29, 1.82) is 0 Å². The molecule has 0 aliphatic heterocycles. The van der Waals surface area contributed by atoms with Gasteiger partial charge in [0, 0.05) is 18.5 Å². The van der Waals surface area contributed by atoms with E-state index in [0.29, 0.717) is 24.7 Å². The second-order valence-electron chi connectivity index (χ2n) is 4.90. The van der Waals surface area contributed by atoms with Gasteiger partial charge in [-0.15, -0.1) is 0 Å². The molecule has 0 aromatic carbocycles. The summed E-state index contributed by atoms with van der Waals surface area (Å²) in [6.07, 6.45) is 2.61. The van der Waals surface area contributed by atoms with Crippen LogP contribution < -0.4 is 0 Å². The third-order valence-electron chi connectivity index (χ3n) is 2.35. The molecule has 1 rings (SSSR count). The molecule has 3 heteroatoms. The van der Waals surface area contributed by atoms with Gasteiger partial charge in [-0.25, -0.2) is 9.97 Å². The number of carbonyl (C=O) groups excluding carboxylic acids is 1. The maximum absolute atomic E-state index is 11.6. The van der Waals surface area contributed by atoms with Crippen LogP contribution in [0.1, 0.15) is 51.4 Å². The molecule has 0 N–H and O–H groups in total. The van der Waals surface area contributed by atoms with Crippen LogP contribution in [-0.4, -0.2) is 15.8 Å². The number of hydrogen-bond donors (Lipinski definition) is 0. The molecule has 0 radical (unpaired) electrons. The van der Waals surface area contributed by atoms with Crippen molar-refractivity contribution >= 4 is 5.78 Å². The molecule has 16 heavy (non-hydrogen) atoms. The molecule has 0 saturated carbocycles. The van der Waals surface area contributed by atoms with E-state index in [1.54, 1.807) is 6.33 Å². The van der Waals surface area contributed by atoms with Gasteiger partial charge in [0.25, 0.3) is 0 Å². The van der Waals surface area contributed by atoms with E-state index < -0.39 is 0 Å². The van der Waals surface area contributed by atoms with Gasteiger partial charge in [0.2, 0.25) is 0 Å². The standard InChI is InChI=1S/C13H20N2O/c1-9(2)5-12(16)6-11-7-13(10(3)4)15-8-14-11/h7-10H,5-6H2,1-4H3. The van der Waals surface area contributed by atoms with E-state index >= 15 is 0 Å². The Morgan fingerprint density at radius 2 is 1.94 bits per heavy atom. The lowest BCUT2D eigenvalue weighted by Crippen LogP contribution is -2.08. The van der Waals surface area contributed by atoms with Gasteiger partial charge < -0.3 is 0 Å². The van der Waals surface area contributed by atoms with Gasteiger partial charge >= 0.3 is 0 Å². The molecule has 88 valence electrons. The maximum Gasteiger partial charge on any atom is 0.139 e. The highest BCUT2D eigenvalue weighted by Crippen LogP contribution is 2.12. The summed E-state index contributed by atoms with van der Waals surface area (Å²) in [5, 5.41) is 0. The van der Waals surface area contributed by atoms with Crippen LogP contribution in [0.5, 0.6) is 0 Å². The maximum atomic E-state index is 11.6. The molecule has 0 aliphatic rings. The highest BCUT2D eigenvalue weighted by molar-refractivity contribution is 5.80. The summed E-state index contributed by atoms with van der Waals surface area (Å²) in [5.41, 5.74) is 1.84. The van der Waals surface area contributed by atoms with Crippen molar-refractivity contribution in [2.45, 2.75) is 46.5 Å². The quantitative estimate of drug-likeness (QED) is 0.766. The zero-order valence-corrected chi connectivity index (χ0v) is 10.5. The molecule has 0 spiro atoms. The van der Waals surface area contributed by atoms with E-state index in [0.717, 1.165) is 11.4 Å². The van der Waals surface area contributed by atoms with Gasteiger partial charge in [-0.2, -0.15) is 0 Å². The van der Waals surface area contributed by atoms with Crippen molar-refractivity contribution in [2.24, 2.45) is 5.92 Å². The summed E-state index contributed by atoms with van der Waals surface area (Å²) in [5.74, 6) is 1.05. The Morgan fingerprint density at radius 1 is 1.25 bits per heavy atom. The topological polar surface area (TPSA) is 42.9 Å². The van der Waals surface area contributed by atoms with Crippen LogP contribution in [0.3, 0.4) is 0 Å². The van der Waals surface area contributed by atoms with Crippen LogP contribution in [0.4, 0.5) is 0 Å². The Morgan fingerprint density at radius 3 is 2.50 bits per heavy atom. The normalized spacial score (nSPS) is 11.1. The minimum atomic E-state index is 0.253. The molecular weight excluding hydrogens is 200 g/mol. The van der Waals surface area contributed by atoms with Gasteiger partial charge in [0.05, 0.1) is 5.69 Å². The van der Waals surface area contributed by atoms with Gasteiger partial charge in [0.15, 0.2) is 0 Å². The number of ketones is 1. The monoisotopic (exact) mass is 220 g/mol. The fourth-order valence-corrected chi connectivity index (χ4v) is 1.56. The number of Topliss-reactive ketones (excluding diaryl/α,β-unsaturated/α-hetero) is 1. The molecule has 0 atom stereocenters. The number of hydrogen-bond acceptors (Lipinski definition) is 3. The zero-order valence-electron chi connectivity index (χ0n) is 10.5. The molecule has 0 aliphatic carbocycles. The first-order valence-electron chi connectivity index (χ1n) is 5.81. The molecule has 0 bridgehead atoms. The Kier molecular flexibility index (Phi) is 4.59. The van der Waals surface area contributed by atoms with E-state index in [1.165, 1.54) is 0 Å². The fourth-order valence-electron chi connectivity index (χ4n) is 1.56. The summed E-state index contributed by atoms with van der Waals surface area (Å²) in [7, 11) is 0. The zero-order chi connectivity index (χ0) is 12.1. The SMILES string of the molecule is CC(C)CC(=O)Cc1cc(C(C)C)ncn1. The number of rotatable bonds is 5. The van der Waals surface area contributed by atoms with E-state index in [9.17, 15) is 4.79 Å². The van der Waals surface area contributed by atoms with E-state index in [1.807, 2.05) is 6.07 Å². The van der Waals surface area contributed by atoms with Crippen LogP contribution in [0.25, 0.3) is 0 Å². The fraction of sp³-hybridized carbons (Fsp3) is 0.615. The van der Waals surface area contributed by atoms with Crippen molar-refractivity contribution in [3.05, 3.63) is 23.8 Å². The minimum Gasteiger partial charge on any atom is -0.299 e. The van der Waals surface area contributed by atoms with E-state index in [2.05, 4.69) is 37.7 Å². The van der Waals surface area contributed by atoms with Crippen molar-refractivity contribution in [2.75, 3.05) is 0 Å². The Balaban J connectivity index is 2.67. The Bertz CT molecular complexity index is 359. The Hall–Kier alpha value is -1.25. The number of carbonyl (C=O) groups is 1. The van der Waals surface area contributed by atoms with Crippen LogP contribution in [-0.2, 0) is 11.2 Å². The van der Waals surface area contributed by atoms with Crippen LogP contribution in [0.2, 0.25) is 0 Å². The van der Waals surface area contributed by atoms with Gasteiger partial charge in [-0.05, 0) is 17.9 Å². The molecule has 1 aromatic heterocycles. The van der Waals surface area contributed by atoms with Gasteiger partial charge in [-0.1, -0.05) is 27.7 Å². The summed E-state index contributed by atoms with van der Waals surface area (Å²) in [4.78, 5) is 20.0. The average molecular weight is 220 g/mol. The molecule has 0 amide bonds. The van der Waals surface area contributed by atoms with Crippen LogP contribution >= 0.6 is 0 Å². The van der Waals surface area contributed by atoms with E-state index in [-0.39, 0.29) is 5.78 Å². The molecular formula is C13H20N2O. The van der Waals surface area contributed by atoms with Crippen LogP contribution in [0.15, 0.2) is 12.4 Å². The highest BCUT2D eigenvalue weighted by atomic mass is 16.1. The van der Waals surface area contributed by atoms with Crippen molar-refractivity contribution in [3.63, 3.8) is 0 Å². The molecule has 1 aromatic rings. The smallest absolute Gasteiger partial charge is 0.139 e. The lowest BCUT2D eigenvalue weighted by Gasteiger charge is -2.06. The molecule has 0 saturated heterocycles. The van der Waals surface area contributed by atoms with Gasteiger partial charge in [-0.3, -0.25) is 4.79 Å². The predicted molar refractivity (Wildman–Crippen MR) is 64.3 cm³/mol.